The van der Waals surface area contributed by atoms with Gasteiger partial charge in [0.05, 0.1) is 20.8 Å². The minimum Gasteiger partial charge on any atom is -0.493 e. The van der Waals surface area contributed by atoms with Gasteiger partial charge in [0.25, 0.3) is 0 Å². The van der Waals surface area contributed by atoms with Gasteiger partial charge in [-0.15, -0.1) is 0 Å². The molecule has 0 aliphatic rings. The first-order valence-electron chi connectivity index (χ1n) is 7.00. The van der Waals surface area contributed by atoms with E-state index in [2.05, 4.69) is 51.6 Å². The zero-order valence-electron chi connectivity index (χ0n) is 12.4. The van der Waals surface area contributed by atoms with Crippen LogP contribution in [0.25, 0.3) is 0 Å². The van der Waals surface area contributed by atoms with Crippen LogP contribution in [0.1, 0.15) is 11.1 Å². The smallest absolute Gasteiger partial charge is 0.160 e. The van der Waals surface area contributed by atoms with Crippen LogP contribution in [0.5, 0.6) is 11.5 Å². The van der Waals surface area contributed by atoms with E-state index in [9.17, 15) is 0 Å². The molecule has 0 radical (unpaired) electrons. The summed E-state index contributed by atoms with van der Waals surface area (Å²) in [5.41, 5.74) is 2.60. The summed E-state index contributed by atoms with van der Waals surface area (Å²) in [5, 5.41) is 2.32. The number of halogens is 1. The highest BCUT2D eigenvalue weighted by Gasteiger charge is 2.05. The van der Waals surface area contributed by atoms with E-state index in [1.807, 2.05) is 12.1 Å². The molecule has 2 aromatic rings. The van der Waals surface area contributed by atoms with Crippen molar-refractivity contribution in [1.82, 2.24) is 0 Å². The van der Waals surface area contributed by atoms with Crippen molar-refractivity contribution in [2.24, 2.45) is 0 Å². The van der Waals surface area contributed by atoms with E-state index >= 15 is 0 Å². The lowest BCUT2D eigenvalue weighted by atomic mass is 10.1. The van der Waals surface area contributed by atoms with Crippen molar-refractivity contribution in [2.75, 3.05) is 20.8 Å². The average molecular weight is 351 g/mol. The van der Waals surface area contributed by atoms with Gasteiger partial charge in [-0.1, -0.05) is 34.1 Å². The third-order valence-corrected chi connectivity index (χ3v) is 3.91. The predicted octanol–water partition coefficient (Wildman–Crippen LogP) is 2.77. The van der Waals surface area contributed by atoms with Crippen molar-refractivity contribution in [1.29, 1.82) is 0 Å². The first-order chi connectivity index (χ1) is 10.2. The molecule has 0 aromatic heterocycles. The van der Waals surface area contributed by atoms with E-state index in [0.717, 1.165) is 35.5 Å². The van der Waals surface area contributed by atoms with Gasteiger partial charge in [-0.05, 0) is 29.8 Å². The fourth-order valence-corrected chi connectivity index (χ4v) is 2.46. The molecule has 0 bridgehead atoms. The van der Waals surface area contributed by atoms with Gasteiger partial charge in [0.1, 0.15) is 6.54 Å². The molecule has 2 aromatic carbocycles. The van der Waals surface area contributed by atoms with Crippen LogP contribution in [0.2, 0.25) is 0 Å². The predicted molar refractivity (Wildman–Crippen MR) is 87.9 cm³/mol. The summed E-state index contributed by atoms with van der Waals surface area (Å²) in [6, 6.07) is 14.6. The summed E-state index contributed by atoms with van der Waals surface area (Å²) < 4.78 is 11.7. The second-order valence-electron chi connectivity index (χ2n) is 4.85. The molecular formula is C17H21BrNO2+. The van der Waals surface area contributed by atoms with Gasteiger partial charge in [0, 0.05) is 16.5 Å². The molecule has 0 fully saturated rings. The second-order valence-corrected chi connectivity index (χ2v) is 5.76. The van der Waals surface area contributed by atoms with Gasteiger partial charge in [-0.25, -0.2) is 0 Å². The summed E-state index contributed by atoms with van der Waals surface area (Å²) in [7, 11) is 3.32. The minimum atomic E-state index is 0.778. The zero-order valence-corrected chi connectivity index (χ0v) is 14.0. The molecule has 0 atom stereocenters. The van der Waals surface area contributed by atoms with Crippen LogP contribution in [-0.2, 0) is 13.0 Å². The number of ether oxygens (including phenoxy) is 2. The van der Waals surface area contributed by atoms with Crippen LogP contribution >= 0.6 is 15.9 Å². The van der Waals surface area contributed by atoms with E-state index in [1.54, 1.807) is 14.2 Å². The van der Waals surface area contributed by atoms with Gasteiger partial charge in [-0.3, -0.25) is 0 Å². The Morgan fingerprint density at radius 3 is 2.24 bits per heavy atom. The zero-order chi connectivity index (χ0) is 15.1. The standard InChI is InChI=1S/C17H20BrNO2/c1-20-16-8-5-13(11-17(16)21-2)9-10-19-12-14-3-6-15(18)7-4-14/h3-8,11,19H,9-10,12H2,1-2H3/p+1. The van der Waals surface area contributed by atoms with Crippen LogP contribution in [0, 0.1) is 0 Å². The maximum Gasteiger partial charge on any atom is 0.160 e. The highest BCUT2D eigenvalue weighted by molar-refractivity contribution is 9.10. The van der Waals surface area contributed by atoms with Crippen LogP contribution in [0.15, 0.2) is 46.9 Å². The monoisotopic (exact) mass is 350 g/mol. The fraction of sp³-hybridized carbons (Fsp3) is 0.294. The van der Waals surface area contributed by atoms with Gasteiger partial charge in [-0.2, -0.15) is 0 Å². The molecule has 0 saturated heterocycles. The molecule has 0 aliphatic carbocycles. The Morgan fingerprint density at radius 2 is 1.57 bits per heavy atom. The highest BCUT2D eigenvalue weighted by Crippen LogP contribution is 2.27. The van der Waals surface area contributed by atoms with Crippen molar-refractivity contribution < 1.29 is 14.8 Å². The Kier molecular flexibility index (Phi) is 6.08. The molecule has 0 spiro atoms. The largest absolute Gasteiger partial charge is 0.493 e. The number of rotatable bonds is 7. The number of methoxy groups -OCH3 is 2. The van der Waals surface area contributed by atoms with Crippen LogP contribution in [0.4, 0.5) is 0 Å². The van der Waals surface area contributed by atoms with E-state index in [-0.39, 0.29) is 0 Å². The molecule has 21 heavy (non-hydrogen) atoms. The Balaban J connectivity index is 1.82. The van der Waals surface area contributed by atoms with E-state index in [4.69, 9.17) is 9.47 Å². The number of nitrogens with two attached hydrogens (primary N) is 1. The minimum absolute atomic E-state index is 0.778. The summed E-state index contributed by atoms with van der Waals surface area (Å²) in [6.45, 7) is 2.05. The molecule has 0 unspecified atom stereocenters. The Hall–Kier alpha value is -1.52. The molecule has 2 rings (SSSR count). The molecule has 2 N–H and O–H groups in total. The van der Waals surface area contributed by atoms with E-state index in [1.165, 1.54) is 11.1 Å². The lowest BCUT2D eigenvalue weighted by molar-refractivity contribution is -0.670. The van der Waals surface area contributed by atoms with Gasteiger partial charge < -0.3 is 14.8 Å². The summed E-state index contributed by atoms with van der Waals surface area (Å²) in [4.78, 5) is 0. The maximum absolute atomic E-state index is 5.32. The van der Waals surface area contributed by atoms with Crippen molar-refractivity contribution in [3.8, 4) is 11.5 Å². The molecule has 0 amide bonds. The van der Waals surface area contributed by atoms with Crippen LogP contribution in [0.3, 0.4) is 0 Å². The molecule has 112 valence electrons. The third-order valence-electron chi connectivity index (χ3n) is 3.38. The number of quaternary nitrogens is 1. The third kappa shape index (κ3) is 4.76. The maximum atomic E-state index is 5.32. The lowest BCUT2D eigenvalue weighted by Crippen LogP contribution is -2.83. The normalized spacial score (nSPS) is 10.4. The van der Waals surface area contributed by atoms with Gasteiger partial charge in [0.2, 0.25) is 0 Å². The van der Waals surface area contributed by atoms with Crippen molar-refractivity contribution in [3.05, 3.63) is 58.1 Å². The summed E-state index contributed by atoms with van der Waals surface area (Å²) in [5.74, 6) is 1.57. The number of benzene rings is 2. The lowest BCUT2D eigenvalue weighted by Gasteiger charge is -2.09. The van der Waals surface area contributed by atoms with Gasteiger partial charge >= 0.3 is 0 Å². The van der Waals surface area contributed by atoms with Crippen LogP contribution < -0.4 is 14.8 Å². The first kappa shape index (κ1) is 15.9. The molecule has 3 nitrogen and oxygen atoms in total. The van der Waals surface area contributed by atoms with Crippen LogP contribution in [-0.4, -0.2) is 20.8 Å². The topological polar surface area (TPSA) is 35.1 Å². The Labute approximate surface area is 134 Å². The van der Waals surface area contributed by atoms with Gasteiger partial charge in [0.15, 0.2) is 11.5 Å². The second kappa shape index (κ2) is 8.05. The Morgan fingerprint density at radius 1 is 0.905 bits per heavy atom. The molecule has 0 heterocycles. The average Bonchev–Trinajstić information content (AvgIpc) is 2.53. The first-order valence-corrected chi connectivity index (χ1v) is 7.79. The van der Waals surface area contributed by atoms with Crippen molar-refractivity contribution in [2.45, 2.75) is 13.0 Å². The number of hydrogen-bond acceptors (Lipinski definition) is 2. The number of hydrogen-bond donors (Lipinski definition) is 1. The molecule has 4 heteroatoms. The highest BCUT2D eigenvalue weighted by atomic mass is 79.9. The quantitative estimate of drug-likeness (QED) is 0.779. The van der Waals surface area contributed by atoms with Crippen molar-refractivity contribution in [3.63, 3.8) is 0 Å². The molecular weight excluding hydrogens is 330 g/mol. The van der Waals surface area contributed by atoms with E-state index in [0.29, 0.717) is 0 Å². The van der Waals surface area contributed by atoms with E-state index < -0.39 is 0 Å². The molecule has 0 saturated carbocycles. The summed E-state index contributed by atoms with van der Waals surface area (Å²) >= 11 is 3.45. The summed E-state index contributed by atoms with van der Waals surface area (Å²) in [6.07, 6.45) is 1.01. The SMILES string of the molecule is COc1ccc(CC[NH2+]Cc2ccc(Br)cc2)cc1OC. The Bertz CT molecular complexity index is 570. The fourth-order valence-electron chi connectivity index (χ4n) is 2.19. The van der Waals surface area contributed by atoms with Crippen molar-refractivity contribution >= 4 is 15.9 Å². The molecule has 0 aliphatic heterocycles.